The van der Waals surface area contributed by atoms with Gasteiger partial charge < -0.3 is 9.47 Å². The Morgan fingerprint density at radius 1 is 0.556 bits per heavy atom. The standard InChI is InChI=1S/C25H16S.C8H18O2/c1-15-10-11-20-22(14-15)17-7-3-2-6-16(17)19-12-13-21-18-8-4-5-9-23(18)26-25(21)24(19)20;1-7(2,9-5)8(3,4)10-6/h2-14H,1H3;1-6H3. The van der Waals surface area contributed by atoms with E-state index in [1.54, 1.807) is 14.2 Å². The first-order valence-corrected chi connectivity index (χ1v) is 13.3. The summed E-state index contributed by atoms with van der Waals surface area (Å²) < 4.78 is 13.3. The van der Waals surface area contributed by atoms with Crippen LogP contribution in [0.4, 0.5) is 0 Å². The molecule has 1 heterocycles. The van der Waals surface area contributed by atoms with Gasteiger partial charge in [-0.05, 0) is 67.6 Å². The summed E-state index contributed by atoms with van der Waals surface area (Å²) in [6.45, 7) is 10.2. The first kappa shape index (κ1) is 24.7. The van der Waals surface area contributed by atoms with Gasteiger partial charge in [0.1, 0.15) is 0 Å². The second-order valence-electron chi connectivity index (χ2n) is 10.5. The second kappa shape index (κ2) is 9.15. The molecule has 0 spiro atoms. The first-order valence-electron chi connectivity index (χ1n) is 12.4. The number of hydrogen-bond donors (Lipinski definition) is 0. The molecule has 6 aromatic rings. The highest BCUT2D eigenvalue weighted by molar-refractivity contribution is 7.26. The van der Waals surface area contributed by atoms with E-state index >= 15 is 0 Å². The molecule has 0 atom stereocenters. The molecule has 2 nitrogen and oxygen atoms in total. The molecule has 0 aliphatic heterocycles. The van der Waals surface area contributed by atoms with Crippen molar-refractivity contribution in [2.24, 2.45) is 0 Å². The molecule has 0 N–H and O–H groups in total. The maximum atomic E-state index is 5.27. The fraction of sp³-hybridized carbons (Fsp3) is 0.273. The second-order valence-corrected chi connectivity index (χ2v) is 11.5. The van der Waals surface area contributed by atoms with Crippen LogP contribution in [0.2, 0.25) is 0 Å². The highest BCUT2D eigenvalue weighted by atomic mass is 32.1. The Morgan fingerprint density at radius 2 is 1.06 bits per heavy atom. The van der Waals surface area contributed by atoms with Gasteiger partial charge in [-0.1, -0.05) is 78.4 Å². The maximum absolute atomic E-state index is 5.27. The van der Waals surface area contributed by atoms with E-state index in [0.29, 0.717) is 0 Å². The topological polar surface area (TPSA) is 18.5 Å². The molecule has 0 amide bonds. The lowest BCUT2D eigenvalue weighted by molar-refractivity contribution is -0.147. The summed E-state index contributed by atoms with van der Waals surface area (Å²) >= 11 is 1.92. The summed E-state index contributed by atoms with van der Waals surface area (Å²) in [5.41, 5.74) is 0.842. The Balaban J connectivity index is 0.000000230. The van der Waals surface area contributed by atoms with Gasteiger partial charge in [0.2, 0.25) is 0 Å². The third-order valence-electron chi connectivity index (χ3n) is 7.97. The van der Waals surface area contributed by atoms with Crippen molar-refractivity contribution in [1.29, 1.82) is 0 Å². The molecule has 0 unspecified atom stereocenters. The molecule has 0 saturated carbocycles. The molecule has 0 bridgehead atoms. The smallest absolute Gasteiger partial charge is 0.0905 e. The van der Waals surface area contributed by atoms with Crippen molar-refractivity contribution in [2.75, 3.05) is 14.2 Å². The molecule has 1 aromatic heterocycles. The molecule has 0 fully saturated rings. The molecule has 184 valence electrons. The fourth-order valence-corrected chi connectivity index (χ4v) is 6.09. The van der Waals surface area contributed by atoms with Gasteiger partial charge in [-0.2, -0.15) is 0 Å². The number of hydrogen-bond acceptors (Lipinski definition) is 3. The Labute approximate surface area is 217 Å². The summed E-state index contributed by atoms with van der Waals surface area (Å²) in [4.78, 5) is 0. The number of thiophene rings is 1. The summed E-state index contributed by atoms with van der Waals surface area (Å²) in [7, 11) is 3.39. The van der Waals surface area contributed by atoms with Gasteiger partial charge in [-0.25, -0.2) is 0 Å². The van der Waals surface area contributed by atoms with Crippen molar-refractivity contribution in [2.45, 2.75) is 45.8 Å². The van der Waals surface area contributed by atoms with Crippen molar-refractivity contribution < 1.29 is 9.47 Å². The van der Waals surface area contributed by atoms with Crippen LogP contribution >= 0.6 is 11.3 Å². The largest absolute Gasteiger partial charge is 0.376 e. The van der Waals surface area contributed by atoms with Crippen molar-refractivity contribution in [3.8, 4) is 0 Å². The number of benzene rings is 5. The normalized spacial score (nSPS) is 12.5. The number of rotatable bonds is 3. The number of ether oxygens (including phenoxy) is 2. The lowest BCUT2D eigenvalue weighted by atomic mass is 9.89. The van der Waals surface area contributed by atoms with Crippen LogP contribution in [0, 0.1) is 6.92 Å². The zero-order chi connectivity index (χ0) is 25.7. The quantitative estimate of drug-likeness (QED) is 0.228. The average Bonchev–Trinajstić information content (AvgIpc) is 3.27. The van der Waals surface area contributed by atoms with E-state index < -0.39 is 0 Å². The van der Waals surface area contributed by atoms with E-state index in [1.165, 1.54) is 58.1 Å². The molecule has 6 rings (SSSR count). The van der Waals surface area contributed by atoms with Crippen LogP contribution in [-0.2, 0) is 9.47 Å². The van der Waals surface area contributed by atoms with E-state index in [4.69, 9.17) is 9.47 Å². The van der Waals surface area contributed by atoms with Gasteiger partial charge in [0.15, 0.2) is 0 Å². The number of fused-ring (bicyclic) bond motifs is 10. The van der Waals surface area contributed by atoms with Crippen molar-refractivity contribution >= 4 is 63.8 Å². The summed E-state index contributed by atoms with van der Waals surface area (Å²) in [6.07, 6.45) is 0. The molecular weight excluding hydrogens is 460 g/mol. The van der Waals surface area contributed by atoms with Crippen molar-refractivity contribution in [3.63, 3.8) is 0 Å². The highest BCUT2D eigenvalue weighted by Gasteiger charge is 2.37. The monoisotopic (exact) mass is 494 g/mol. The minimum Gasteiger partial charge on any atom is -0.376 e. The molecule has 5 aromatic carbocycles. The molecule has 0 aliphatic carbocycles. The third kappa shape index (κ3) is 3.96. The van der Waals surface area contributed by atoms with Crippen LogP contribution in [0.5, 0.6) is 0 Å². The predicted molar refractivity (Wildman–Crippen MR) is 159 cm³/mol. The highest BCUT2D eigenvalue weighted by Crippen LogP contribution is 2.44. The van der Waals surface area contributed by atoms with Crippen LogP contribution in [0.3, 0.4) is 0 Å². The summed E-state index contributed by atoms with van der Waals surface area (Å²) in [5.74, 6) is 0. The summed E-state index contributed by atoms with van der Waals surface area (Å²) in [5, 5.41) is 10.9. The Hall–Kier alpha value is -2.98. The van der Waals surface area contributed by atoms with Crippen LogP contribution in [0.1, 0.15) is 33.3 Å². The van der Waals surface area contributed by atoms with Gasteiger partial charge >= 0.3 is 0 Å². The molecule has 3 heteroatoms. The Bertz CT molecular complexity index is 1710. The molecular formula is C33H34O2S. The predicted octanol–water partition coefficient (Wildman–Crippen LogP) is 9.66. The van der Waals surface area contributed by atoms with Crippen LogP contribution < -0.4 is 0 Å². The number of aryl methyl sites for hydroxylation is 1. The lowest BCUT2D eigenvalue weighted by Crippen LogP contribution is -2.48. The Morgan fingerprint density at radius 3 is 1.69 bits per heavy atom. The molecule has 0 radical (unpaired) electrons. The average molecular weight is 495 g/mol. The zero-order valence-corrected chi connectivity index (χ0v) is 23.0. The minimum absolute atomic E-state index is 0.234. The van der Waals surface area contributed by atoms with E-state index in [2.05, 4.69) is 85.8 Å². The van der Waals surface area contributed by atoms with Crippen LogP contribution in [0.25, 0.3) is 52.5 Å². The zero-order valence-electron chi connectivity index (χ0n) is 22.2. The van der Waals surface area contributed by atoms with Crippen LogP contribution in [0.15, 0.2) is 78.9 Å². The van der Waals surface area contributed by atoms with Gasteiger partial charge in [0, 0.05) is 39.8 Å². The lowest BCUT2D eigenvalue weighted by Gasteiger charge is -2.38. The van der Waals surface area contributed by atoms with Crippen molar-refractivity contribution in [1.82, 2.24) is 0 Å². The van der Waals surface area contributed by atoms with Crippen molar-refractivity contribution in [3.05, 3.63) is 84.4 Å². The van der Waals surface area contributed by atoms with Crippen LogP contribution in [-0.4, -0.2) is 25.4 Å². The first-order chi connectivity index (χ1) is 17.2. The molecule has 36 heavy (non-hydrogen) atoms. The van der Waals surface area contributed by atoms with Gasteiger partial charge in [0.25, 0.3) is 0 Å². The molecule has 0 aliphatic rings. The minimum atomic E-state index is -0.234. The Kier molecular flexibility index (Phi) is 6.28. The van der Waals surface area contributed by atoms with Gasteiger partial charge in [-0.15, -0.1) is 11.3 Å². The van der Waals surface area contributed by atoms with E-state index in [1.807, 2.05) is 39.0 Å². The van der Waals surface area contributed by atoms with E-state index in [9.17, 15) is 0 Å². The van der Waals surface area contributed by atoms with E-state index in [0.717, 1.165) is 0 Å². The third-order valence-corrected chi connectivity index (χ3v) is 9.17. The maximum Gasteiger partial charge on any atom is 0.0905 e. The molecule has 0 saturated heterocycles. The van der Waals surface area contributed by atoms with Gasteiger partial charge in [-0.3, -0.25) is 0 Å². The summed E-state index contributed by atoms with van der Waals surface area (Å²) in [6, 6.07) is 29.1. The fourth-order valence-electron chi connectivity index (χ4n) is 4.82. The van der Waals surface area contributed by atoms with Gasteiger partial charge in [0.05, 0.1) is 11.2 Å². The van der Waals surface area contributed by atoms with E-state index in [-0.39, 0.29) is 11.2 Å². The number of methoxy groups -OCH3 is 2. The SMILES string of the molecule is COC(C)(C)C(C)(C)OC.Cc1ccc2c(c1)c1ccccc1c1ccc3c4ccccc4sc3c12.